The highest BCUT2D eigenvalue weighted by atomic mass is 32.1. The minimum Gasteiger partial charge on any atom is -0.352 e. The van der Waals surface area contributed by atoms with Crippen LogP contribution in [-0.2, 0) is 4.79 Å². The van der Waals surface area contributed by atoms with Crippen LogP contribution in [-0.4, -0.2) is 32.0 Å². The lowest BCUT2D eigenvalue weighted by atomic mass is 9.93. The molecule has 5 rings (SSSR count). The maximum Gasteiger partial charge on any atom is 0.226 e. The van der Waals surface area contributed by atoms with Crippen molar-refractivity contribution < 1.29 is 9.18 Å². The fraction of sp³-hybridized carbons (Fsp3) is 0.233. The van der Waals surface area contributed by atoms with Crippen LogP contribution in [0.3, 0.4) is 0 Å². The van der Waals surface area contributed by atoms with E-state index in [9.17, 15) is 9.18 Å². The first-order valence-corrected chi connectivity index (χ1v) is 13.0. The van der Waals surface area contributed by atoms with Gasteiger partial charge >= 0.3 is 0 Å². The monoisotopic (exact) mass is 527 g/mol. The smallest absolute Gasteiger partial charge is 0.226 e. The Labute approximate surface area is 227 Å². The molecule has 2 atom stereocenters. The molecule has 2 aromatic carbocycles. The number of amides is 1. The summed E-state index contributed by atoms with van der Waals surface area (Å²) in [5.41, 5.74) is 6.74. The van der Waals surface area contributed by atoms with Gasteiger partial charge in [0.05, 0.1) is 23.5 Å². The van der Waals surface area contributed by atoms with Crippen molar-refractivity contribution in [3.63, 3.8) is 0 Å². The summed E-state index contributed by atoms with van der Waals surface area (Å²) < 4.78 is 16.3. The molecule has 8 heteroatoms. The number of pyridine rings is 1. The third kappa shape index (κ3) is 4.79. The molecule has 1 fully saturated rings. The van der Waals surface area contributed by atoms with Gasteiger partial charge in [0.1, 0.15) is 5.82 Å². The number of para-hydroxylation sites is 2. The molecule has 38 heavy (non-hydrogen) atoms. The second-order valence-corrected chi connectivity index (χ2v) is 9.87. The van der Waals surface area contributed by atoms with Gasteiger partial charge < -0.3 is 20.1 Å². The van der Waals surface area contributed by atoms with Crippen molar-refractivity contribution in [1.82, 2.24) is 19.8 Å². The molecule has 3 heterocycles. The first kappa shape index (κ1) is 25.6. The highest BCUT2D eigenvalue weighted by molar-refractivity contribution is 7.80. The number of halogens is 1. The largest absolute Gasteiger partial charge is 0.352 e. The molecule has 1 aliphatic heterocycles. The molecule has 0 unspecified atom stereocenters. The van der Waals surface area contributed by atoms with Crippen LogP contribution in [0.5, 0.6) is 0 Å². The average molecular weight is 528 g/mol. The Kier molecular flexibility index (Phi) is 7.24. The van der Waals surface area contributed by atoms with E-state index >= 15 is 0 Å². The normalized spacial score (nSPS) is 16.9. The molecule has 0 saturated carbocycles. The number of anilines is 1. The lowest BCUT2D eigenvalue weighted by molar-refractivity contribution is -0.116. The van der Waals surface area contributed by atoms with Gasteiger partial charge in [-0.05, 0) is 75.0 Å². The second kappa shape index (κ2) is 10.8. The van der Waals surface area contributed by atoms with Crippen LogP contribution in [0.1, 0.15) is 46.7 Å². The number of benzene rings is 2. The number of hydrogen-bond donors (Lipinski definition) is 2. The first-order valence-electron chi connectivity index (χ1n) is 12.6. The average Bonchev–Trinajstić information content (AvgIpc) is 3.36. The molecular formula is C30H30FN5OS. The van der Waals surface area contributed by atoms with Crippen molar-refractivity contribution in [1.29, 1.82) is 0 Å². The minimum atomic E-state index is -0.462. The summed E-state index contributed by atoms with van der Waals surface area (Å²) in [6.45, 7) is 6.76. The first-order chi connectivity index (χ1) is 18.4. The third-order valence-electron chi connectivity index (χ3n) is 7.24. The summed E-state index contributed by atoms with van der Waals surface area (Å²) in [4.78, 5) is 19.5. The summed E-state index contributed by atoms with van der Waals surface area (Å²) in [6, 6.07) is 21.9. The number of carbonyl (C=O) groups is 1. The van der Waals surface area contributed by atoms with Gasteiger partial charge in [-0.15, -0.1) is 0 Å². The van der Waals surface area contributed by atoms with Crippen LogP contribution in [0, 0.1) is 26.6 Å². The van der Waals surface area contributed by atoms with Gasteiger partial charge in [0.2, 0.25) is 5.91 Å². The Balaban J connectivity index is 1.50. The fourth-order valence-corrected chi connectivity index (χ4v) is 5.70. The van der Waals surface area contributed by atoms with E-state index in [4.69, 9.17) is 12.2 Å². The molecule has 0 radical (unpaired) electrons. The molecule has 2 N–H and O–H groups in total. The van der Waals surface area contributed by atoms with Crippen molar-refractivity contribution in [3.05, 3.63) is 113 Å². The quantitative estimate of drug-likeness (QED) is 0.292. The summed E-state index contributed by atoms with van der Waals surface area (Å²) in [7, 11) is 0. The molecular weight excluding hydrogens is 497 g/mol. The summed E-state index contributed by atoms with van der Waals surface area (Å²) in [5.74, 6) is -0.735. The number of carbonyl (C=O) groups excluding carboxylic acids is 1. The van der Waals surface area contributed by atoms with E-state index in [1.165, 1.54) is 11.6 Å². The summed E-state index contributed by atoms with van der Waals surface area (Å²) in [6.07, 6.45) is 1.93. The predicted molar refractivity (Wildman–Crippen MR) is 152 cm³/mol. The lowest BCUT2D eigenvalue weighted by Crippen LogP contribution is -2.33. The van der Waals surface area contributed by atoms with Crippen LogP contribution < -0.4 is 10.6 Å². The molecule has 0 bridgehead atoms. The van der Waals surface area contributed by atoms with Crippen LogP contribution in [0.4, 0.5) is 10.1 Å². The van der Waals surface area contributed by atoms with Crippen LogP contribution in [0.15, 0.2) is 79.0 Å². The standard InChI is InChI=1S/C30H30FN5OS/c1-19-20(2)36(22-11-5-4-6-12-22)21(3)27(19)29-28(25-15-9-10-17-32-25)34-30(38)35(29)18-16-26(37)33-24-14-8-7-13-23(24)31/h4-15,17,28-29H,16,18H2,1-3H3,(H,33,37)(H,34,38)/t28-,29-/m0/s1. The van der Waals surface area contributed by atoms with Gasteiger partial charge in [0.25, 0.3) is 0 Å². The molecule has 1 amide bonds. The Hall–Kier alpha value is -4.04. The highest BCUT2D eigenvalue weighted by Crippen LogP contribution is 2.43. The number of nitrogens with zero attached hydrogens (tertiary/aromatic N) is 3. The number of nitrogens with one attached hydrogen (secondary N) is 2. The molecule has 4 aromatic rings. The van der Waals surface area contributed by atoms with Crippen molar-refractivity contribution in [2.24, 2.45) is 0 Å². The van der Waals surface area contributed by atoms with Gasteiger partial charge in [0, 0.05) is 41.8 Å². The lowest BCUT2D eigenvalue weighted by Gasteiger charge is -2.29. The van der Waals surface area contributed by atoms with Gasteiger partial charge in [-0.25, -0.2) is 4.39 Å². The topological polar surface area (TPSA) is 62.2 Å². The highest BCUT2D eigenvalue weighted by Gasteiger charge is 2.42. The molecule has 0 spiro atoms. The maximum absolute atomic E-state index is 14.1. The molecule has 0 aliphatic carbocycles. The summed E-state index contributed by atoms with van der Waals surface area (Å²) >= 11 is 5.81. The number of hydrogen-bond acceptors (Lipinski definition) is 3. The Morgan fingerprint density at radius 2 is 1.71 bits per heavy atom. The molecule has 1 saturated heterocycles. The Morgan fingerprint density at radius 3 is 2.42 bits per heavy atom. The molecule has 1 aliphatic rings. The van der Waals surface area contributed by atoms with Crippen molar-refractivity contribution in [2.45, 2.75) is 39.3 Å². The van der Waals surface area contributed by atoms with Gasteiger partial charge in [-0.2, -0.15) is 0 Å². The second-order valence-electron chi connectivity index (χ2n) is 9.48. The number of thiocarbonyl (C=S) groups is 1. The third-order valence-corrected chi connectivity index (χ3v) is 7.60. The van der Waals surface area contributed by atoms with E-state index in [0.717, 1.165) is 28.3 Å². The van der Waals surface area contributed by atoms with E-state index in [0.29, 0.717) is 11.7 Å². The molecule has 194 valence electrons. The zero-order valence-corrected chi connectivity index (χ0v) is 22.4. The van der Waals surface area contributed by atoms with E-state index < -0.39 is 5.82 Å². The minimum absolute atomic E-state index is 0.151. The van der Waals surface area contributed by atoms with E-state index in [1.807, 2.05) is 36.4 Å². The summed E-state index contributed by atoms with van der Waals surface area (Å²) in [5, 5.41) is 6.71. The van der Waals surface area contributed by atoms with E-state index in [1.54, 1.807) is 24.4 Å². The number of aromatic nitrogens is 2. The SMILES string of the molecule is Cc1c([C@H]2[C@H](c3ccccn3)NC(=S)N2CCC(=O)Nc2ccccc2F)c(C)n(-c2ccccc2)c1C. The molecule has 6 nitrogen and oxygen atoms in total. The van der Waals surface area contributed by atoms with Crippen LogP contribution in [0.25, 0.3) is 5.69 Å². The van der Waals surface area contributed by atoms with Gasteiger partial charge in [0.15, 0.2) is 5.11 Å². The van der Waals surface area contributed by atoms with Crippen LogP contribution in [0.2, 0.25) is 0 Å². The van der Waals surface area contributed by atoms with E-state index in [-0.39, 0.29) is 30.1 Å². The molecule has 2 aromatic heterocycles. The van der Waals surface area contributed by atoms with E-state index in [2.05, 4.69) is 58.0 Å². The Morgan fingerprint density at radius 1 is 1.00 bits per heavy atom. The van der Waals surface area contributed by atoms with Crippen molar-refractivity contribution >= 4 is 28.9 Å². The zero-order valence-electron chi connectivity index (χ0n) is 21.6. The van der Waals surface area contributed by atoms with Crippen molar-refractivity contribution in [3.8, 4) is 5.69 Å². The predicted octanol–water partition coefficient (Wildman–Crippen LogP) is 5.94. The number of rotatable bonds is 7. The van der Waals surface area contributed by atoms with Gasteiger partial charge in [-0.3, -0.25) is 9.78 Å². The fourth-order valence-electron chi connectivity index (χ4n) is 5.36. The van der Waals surface area contributed by atoms with Crippen LogP contribution >= 0.6 is 12.2 Å². The van der Waals surface area contributed by atoms with Crippen molar-refractivity contribution in [2.75, 3.05) is 11.9 Å². The zero-order chi connectivity index (χ0) is 26.8. The maximum atomic E-state index is 14.1. The Bertz CT molecular complexity index is 1470. The van der Waals surface area contributed by atoms with Gasteiger partial charge in [-0.1, -0.05) is 36.4 Å².